The third-order valence-corrected chi connectivity index (χ3v) is 1.47. The van der Waals surface area contributed by atoms with Crippen molar-refractivity contribution in [3.05, 3.63) is 0 Å². The molecular weight excluding hydrogens is 157 g/mol. The third-order valence-electron chi connectivity index (χ3n) is 0.668. The summed E-state index contributed by atoms with van der Waals surface area (Å²) in [5.74, 6) is -1.31. The third kappa shape index (κ3) is 7.62. The Hall–Kier alpha value is -0.380. The second-order valence-electron chi connectivity index (χ2n) is 1.97. The first-order chi connectivity index (χ1) is 4.42. The minimum Gasteiger partial charge on any atom is -0.799 e. The molecule has 0 saturated heterocycles. The average Bonchev–Trinajstić information content (AvgIpc) is 1.59. The summed E-state index contributed by atoms with van der Waals surface area (Å²) in [7, 11) is -3.37. The highest BCUT2D eigenvalue weighted by Gasteiger charge is 1.96. The van der Waals surface area contributed by atoms with Crippen LogP contribution in [0.3, 0.4) is 0 Å². The molecule has 0 fully saturated rings. The van der Waals surface area contributed by atoms with Crippen molar-refractivity contribution in [1.82, 2.24) is 5.32 Å². The monoisotopic (exact) mass is 165 g/mol. The fourth-order valence-corrected chi connectivity index (χ4v) is 0.879. The molecule has 1 N–H and O–H groups in total. The first-order valence-electron chi connectivity index (χ1n) is 2.60. The van der Waals surface area contributed by atoms with E-state index in [0.29, 0.717) is 0 Å². The maximum atomic E-state index is 10.4. The van der Waals surface area contributed by atoms with Gasteiger partial charge in [0.05, 0.1) is 5.97 Å². The van der Waals surface area contributed by atoms with Gasteiger partial charge < -0.3 is 24.7 Å². The van der Waals surface area contributed by atoms with Crippen molar-refractivity contribution in [2.45, 2.75) is 0 Å². The van der Waals surface area contributed by atoms with E-state index in [1.807, 2.05) is 0 Å². The van der Waals surface area contributed by atoms with Crippen molar-refractivity contribution in [1.29, 1.82) is 0 Å². The Morgan fingerprint density at radius 1 is 1.70 bits per heavy atom. The molecule has 0 aromatic carbocycles. The van der Waals surface area contributed by atoms with Gasteiger partial charge in [-0.1, -0.05) is 0 Å². The number of carbonyl (C=O) groups is 1. The van der Waals surface area contributed by atoms with Gasteiger partial charge in [0.1, 0.15) is 0 Å². The number of aliphatic carboxylic acids is 1. The second-order valence-corrected chi connectivity index (χ2v) is 4.32. The van der Waals surface area contributed by atoms with Gasteiger partial charge in [0.15, 0.2) is 0 Å². The lowest BCUT2D eigenvalue weighted by Gasteiger charge is -2.17. The Kier molecular flexibility index (Phi) is 3.57. The Bertz CT molecular complexity index is 163. The molecule has 0 aliphatic rings. The largest absolute Gasteiger partial charge is 0.799 e. The van der Waals surface area contributed by atoms with Gasteiger partial charge in [-0.3, -0.25) is 0 Å². The number of hydrogen-bond donors (Lipinski definition) is 1. The SMILES string of the molecule is CP(=O)([O-])CNCC(=O)[O-]. The van der Waals surface area contributed by atoms with Gasteiger partial charge in [0.2, 0.25) is 0 Å². The molecule has 60 valence electrons. The minimum atomic E-state index is -3.37. The van der Waals surface area contributed by atoms with E-state index in [0.717, 1.165) is 6.66 Å². The molecule has 0 spiro atoms. The van der Waals surface area contributed by atoms with E-state index < -0.39 is 19.9 Å². The number of carboxylic acids is 1. The highest BCUT2D eigenvalue weighted by molar-refractivity contribution is 7.55. The zero-order valence-corrected chi connectivity index (χ0v) is 6.39. The first kappa shape index (κ1) is 9.62. The summed E-state index contributed by atoms with van der Waals surface area (Å²) in [5.41, 5.74) is 0. The van der Waals surface area contributed by atoms with Crippen molar-refractivity contribution in [2.24, 2.45) is 0 Å². The minimum absolute atomic E-state index is 0.305. The average molecular weight is 165 g/mol. The van der Waals surface area contributed by atoms with Crippen LogP contribution in [0.1, 0.15) is 0 Å². The van der Waals surface area contributed by atoms with Crippen LogP contribution in [-0.2, 0) is 9.36 Å². The van der Waals surface area contributed by atoms with Gasteiger partial charge in [-0.2, -0.15) is 0 Å². The van der Waals surface area contributed by atoms with Crippen LogP contribution in [0, 0.1) is 0 Å². The summed E-state index contributed by atoms with van der Waals surface area (Å²) in [6.07, 6.45) is -0.305. The summed E-state index contributed by atoms with van der Waals surface area (Å²) >= 11 is 0. The maximum absolute atomic E-state index is 10.4. The lowest BCUT2D eigenvalue weighted by atomic mass is 10.7. The molecule has 1 unspecified atom stereocenters. The van der Waals surface area contributed by atoms with Crippen LogP contribution in [0.2, 0.25) is 0 Å². The van der Waals surface area contributed by atoms with E-state index in [9.17, 15) is 19.4 Å². The first-order valence-corrected chi connectivity index (χ1v) is 4.85. The zero-order chi connectivity index (χ0) is 8.20. The van der Waals surface area contributed by atoms with Crippen LogP contribution in [0.15, 0.2) is 0 Å². The second kappa shape index (κ2) is 3.71. The lowest BCUT2D eigenvalue weighted by molar-refractivity contribution is -0.303. The molecule has 5 nitrogen and oxygen atoms in total. The van der Waals surface area contributed by atoms with Crippen molar-refractivity contribution < 1.29 is 19.4 Å². The summed E-state index contributed by atoms with van der Waals surface area (Å²) in [4.78, 5) is 20.1. The van der Waals surface area contributed by atoms with Crippen molar-refractivity contribution in [3.63, 3.8) is 0 Å². The van der Waals surface area contributed by atoms with Crippen LogP contribution < -0.4 is 15.3 Å². The molecule has 0 aromatic rings. The van der Waals surface area contributed by atoms with E-state index >= 15 is 0 Å². The Morgan fingerprint density at radius 3 is 2.50 bits per heavy atom. The van der Waals surface area contributed by atoms with Crippen LogP contribution in [0.5, 0.6) is 0 Å². The Labute approximate surface area is 58.5 Å². The number of nitrogens with one attached hydrogen (secondary N) is 1. The molecule has 10 heavy (non-hydrogen) atoms. The quantitative estimate of drug-likeness (QED) is 0.467. The summed E-state index contributed by atoms with van der Waals surface area (Å²) < 4.78 is 10.4. The highest BCUT2D eigenvalue weighted by Crippen LogP contribution is 2.26. The normalized spacial score (nSPS) is 16.2. The van der Waals surface area contributed by atoms with Crippen LogP contribution >= 0.6 is 7.37 Å². The van der Waals surface area contributed by atoms with Gasteiger partial charge in [0, 0.05) is 20.2 Å². The molecule has 0 saturated carbocycles. The van der Waals surface area contributed by atoms with Crippen molar-refractivity contribution >= 4 is 13.3 Å². The van der Waals surface area contributed by atoms with Gasteiger partial charge in [-0.15, -0.1) is 0 Å². The zero-order valence-electron chi connectivity index (χ0n) is 5.49. The van der Waals surface area contributed by atoms with Crippen molar-refractivity contribution in [2.75, 3.05) is 19.5 Å². The summed E-state index contributed by atoms with van der Waals surface area (Å²) in [6, 6.07) is 0. The molecule has 0 bridgehead atoms. The Balaban J connectivity index is 3.39. The fraction of sp³-hybridized carbons (Fsp3) is 0.750. The Morgan fingerprint density at radius 2 is 2.20 bits per heavy atom. The van der Waals surface area contributed by atoms with Crippen LogP contribution in [-0.4, -0.2) is 25.5 Å². The standard InChI is InChI=1S/C4H10NO4P/c1-10(8,9)3-5-2-4(6)7/h5H,2-3H2,1H3,(H,6,7)(H,8,9)/p-2. The van der Waals surface area contributed by atoms with Crippen LogP contribution in [0.25, 0.3) is 0 Å². The number of carbonyl (C=O) groups excluding carboxylic acids is 1. The lowest BCUT2D eigenvalue weighted by Crippen LogP contribution is -2.35. The fourth-order valence-electron chi connectivity index (χ4n) is 0.361. The van der Waals surface area contributed by atoms with Gasteiger partial charge in [-0.05, 0) is 6.66 Å². The summed E-state index contributed by atoms with van der Waals surface area (Å²) in [5, 5.41) is 11.9. The number of hydrogen-bond acceptors (Lipinski definition) is 5. The molecule has 0 rings (SSSR count). The molecule has 1 atom stereocenters. The van der Waals surface area contributed by atoms with E-state index in [2.05, 4.69) is 5.32 Å². The van der Waals surface area contributed by atoms with E-state index in [1.165, 1.54) is 0 Å². The molecule has 6 heteroatoms. The van der Waals surface area contributed by atoms with E-state index in [4.69, 9.17) is 0 Å². The molecule has 0 aliphatic carbocycles. The van der Waals surface area contributed by atoms with E-state index in [-0.39, 0.29) is 6.29 Å². The molecule has 0 heterocycles. The maximum Gasteiger partial charge on any atom is 0.0552 e. The molecule has 0 radical (unpaired) electrons. The van der Waals surface area contributed by atoms with Gasteiger partial charge in [-0.25, -0.2) is 0 Å². The van der Waals surface area contributed by atoms with Crippen molar-refractivity contribution in [3.8, 4) is 0 Å². The van der Waals surface area contributed by atoms with Gasteiger partial charge >= 0.3 is 0 Å². The molecule has 0 amide bonds. The molecular formula is C4H8NO4P-2. The summed E-state index contributed by atoms with van der Waals surface area (Å²) in [6.45, 7) is 0.606. The predicted molar refractivity (Wildman–Crippen MR) is 31.4 cm³/mol. The predicted octanol–water partition coefficient (Wildman–Crippen LogP) is -2.45. The van der Waals surface area contributed by atoms with Gasteiger partial charge in [0.25, 0.3) is 0 Å². The molecule has 0 aliphatic heterocycles. The number of carboxylic acid groups (broad SMARTS) is 1. The topological polar surface area (TPSA) is 92.3 Å². The van der Waals surface area contributed by atoms with Crippen LogP contribution in [0.4, 0.5) is 0 Å². The molecule has 0 aromatic heterocycles. The smallest absolute Gasteiger partial charge is 0.0552 e. The highest BCUT2D eigenvalue weighted by atomic mass is 31.2. The number of rotatable bonds is 4. The van der Waals surface area contributed by atoms with E-state index in [1.54, 1.807) is 0 Å².